The molecule has 2 nitrogen and oxygen atoms in total. The van der Waals surface area contributed by atoms with Gasteiger partial charge in [0.2, 0.25) is 0 Å². The summed E-state index contributed by atoms with van der Waals surface area (Å²) in [4.78, 5) is 1.91. The minimum Gasteiger partial charge on any atom is -0.329 e. The molecule has 16 heavy (non-hydrogen) atoms. The van der Waals surface area contributed by atoms with Gasteiger partial charge in [-0.1, -0.05) is 0 Å². The fourth-order valence-electron chi connectivity index (χ4n) is 1.29. The van der Waals surface area contributed by atoms with E-state index in [-0.39, 0.29) is 11.4 Å². The lowest BCUT2D eigenvalue weighted by Gasteiger charge is -2.34. The van der Waals surface area contributed by atoms with E-state index in [2.05, 4.69) is 0 Å². The Hall–Kier alpha value is -1.00. The zero-order valence-corrected chi connectivity index (χ0v) is 9.93. The Bertz CT molecular complexity index is 364. The minimum absolute atomic E-state index is 0.237. The highest BCUT2D eigenvalue weighted by atomic mass is 19.1. The van der Waals surface area contributed by atoms with Crippen LogP contribution in [-0.4, -0.2) is 24.0 Å². The van der Waals surface area contributed by atoms with Gasteiger partial charge in [-0.15, -0.1) is 0 Å². The van der Waals surface area contributed by atoms with E-state index in [1.54, 1.807) is 0 Å². The van der Waals surface area contributed by atoms with Gasteiger partial charge >= 0.3 is 0 Å². The summed E-state index contributed by atoms with van der Waals surface area (Å²) in [7, 11) is 1.84. The minimum atomic E-state index is -0.421. The summed E-state index contributed by atoms with van der Waals surface area (Å²) in [6.45, 7) is 4.72. The zero-order valence-electron chi connectivity index (χ0n) is 9.93. The largest absolute Gasteiger partial charge is 0.329 e. The van der Waals surface area contributed by atoms with Crippen molar-refractivity contribution >= 4 is 0 Å². The van der Waals surface area contributed by atoms with Crippen LogP contribution in [0.5, 0.6) is 0 Å². The summed E-state index contributed by atoms with van der Waals surface area (Å²) in [6, 6.07) is 3.49. The molecule has 1 rings (SSSR count). The Morgan fingerprint density at radius 2 is 1.94 bits per heavy atom. The predicted molar refractivity (Wildman–Crippen MR) is 61.0 cm³/mol. The van der Waals surface area contributed by atoms with Gasteiger partial charge < -0.3 is 5.73 Å². The fraction of sp³-hybridized carbons (Fsp3) is 0.500. The summed E-state index contributed by atoms with van der Waals surface area (Å²) >= 11 is 0. The second kappa shape index (κ2) is 4.89. The van der Waals surface area contributed by atoms with Crippen molar-refractivity contribution < 1.29 is 8.78 Å². The molecule has 4 heteroatoms. The van der Waals surface area contributed by atoms with Crippen LogP contribution >= 0.6 is 0 Å². The molecule has 1 aromatic carbocycles. The van der Waals surface area contributed by atoms with Crippen LogP contribution in [0.2, 0.25) is 0 Å². The van der Waals surface area contributed by atoms with Crippen molar-refractivity contribution in [3.63, 3.8) is 0 Å². The SMILES string of the molecule is CN(Cc1cc(F)ccc1F)C(C)(C)CN. The first-order chi connectivity index (χ1) is 7.36. The summed E-state index contributed by atoms with van der Waals surface area (Å²) in [5, 5.41) is 0. The second-order valence-electron chi connectivity index (χ2n) is 4.61. The molecule has 0 bridgehead atoms. The smallest absolute Gasteiger partial charge is 0.127 e. The van der Waals surface area contributed by atoms with Crippen molar-refractivity contribution in [2.24, 2.45) is 5.73 Å². The van der Waals surface area contributed by atoms with Gasteiger partial charge in [0.05, 0.1) is 0 Å². The lowest BCUT2D eigenvalue weighted by atomic mass is 10.0. The number of rotatable bonds is 4. The van der Waals surface area contributed by atoms with Crippen molar-refractivity contribution in [3.05, 3.63) is 35.4 Å². The number of likely N-dealkylation sites (N-methyl/N-ethyl adjacent to an activating group) is 1. The van der Waals surface area contributed by atoms with Gasteiger partial charge in [-0.25, -0.2) is 8.78 Å². The maximum atomic E-state index is 13.4. The first-order valence-electron chi connectivity index (χ1n) is 5.22. The molecule has 2 N–H and O–H groups in total. The van der Waals surface area contributed by atoms with Crippen LogP contribution in [0.25, 0.3) is 0 Å². The maximum absolute atomic E-state index is 13.4. The molecule has 0 aliphatic rings. The molecule has 0 amide bonds. The van der Waals surface area contributed by atoms with Gasteiger partial charge in [0.1, 0.15) is 11.6 Å². The van der Waals surface area contributed by atoms with Crippen LogP contribution in [0.1, 0.15) is 19.4 Å². The molecule has 0 aliphatic carbocycles. The number of hydrogen-bond acceptors (Lipinski definition) is 2. The van der Waals surface area contributed by atoms with Crippen LogP contribution in [0.3, 0.4) is 0 Å². The van der Waals surface area contributed by atoms with Crippen molar-refractivity contribution in [1.82, 2.24) is 4.90 Å². The van der Waals surface area contributed by atoms with E-state index in [0.717, 1.165) is 12.1 Å². The Kier molecular flexibility index (Phi) is 3.99. The predicted octanol–water partition coefficient (Wildman–Crippen LogP) is 2.13. The van der Waals surface area contributed by atoms with E-state index in [1.165, 1.54) is 6.07 Å². The maximum Gasteiger partial charge on any atom is 0.127 e. The average Bonchev–Trinajstić information content (AvgIpc) is 2.23. The average molecular weight is 228 g/mol. The molecule has 0 saturated carbocycles. The molecule has 0 fully saturated rings. The first-order valence-corrected chi connectivity index (χ1v) is 5.22. The highest BCUT2D eigenvalue weighted by Gasteiger charge is 2.22. The standard InChI is InChI=1S/C12H18F2N2/c1-12(2,8-15)16(3)7-9-6-10(13)4-5-11(9)14/h4-6H,7-8,15H2,1-3H3. The van der Waals surface area contributed by atoms with Crippen LogP contribution < -0.4 is 5.73 Å². The molecule has 0 heterocycles. The monoisotopic (exact) mass is 228 g/mol. The first kappa shape index (κ1) is 13.1. The Morgan fingerprint density at radius 1 is 1.31 bits per heavy atom. The highest BCUT2D eigenvalue weighted by molar-refractivity contribution is 5.18. The quantitative estimate of drug-likeness (QED) is 0.855. The lowest BCUT2D eigenvalue weighted by Crippen LogP contribution is -2.46. The van der Waals surface area contributed by atoms with Crippen LogP contribution in [0, 0.1) is 11.6 Å². The summed E-state index contributed by atoms with van der Waals surface area (Å²) in [5.74, 6) is -0.809. The summed E-state index contributed by atoms with van der Waals surface area (Å²) in [6.07, 6.45) is 0. The number of nitrogens with two attached hydrogens (primary N) is 1. The Morgan fingerprint density at radius 3 is 2.50 bits per heavy atom. The molecule has 0 unspecified atom stereocenters. The number of halogens is 2. The van der Waals surface area contributed by atoms with E-state index < -0.39 is 5.82 Å². The van der Waals surface area contributed by atoms with Crippen LogP contribution in [0.4, 0.5) is 8.78 Å². The van der Waals surface area contributed by atoms with Gasteiger partial charge in [-0.05, 0) is 39.1 Å². The molecule has 90 valence electrons. The van der Waals surface area contributed by atoms with Gasteiger partial charge in [0.15, 0.2) is 0 Å². The number of nitrogens with zero attached hydrogens (tertiary/aromatic N) is 1. The normalized spacial score (nSPS) is 12.2. The van der Waals surface area contributed by atoms with Crippen molar-refractivity contribution in [2.75, 3.05) is 13.6 Å². The third-order valence-electron chi connectivity index (χ3n) is 2.95. The van der Waals surface area contributed by atoms with E-state index >= 15 is 0 Å². The van der Waals surface area contributed by atoms with Crippen LogP contribution in [0.15, 0.2) is 18.2 Å². The molecular formula is C12H18F2N2. The van der Waals surface area contributed by atoms with E-state index in [1.807, 2.05) is 25.8 Å². The highest BCUT2D eigenvalue weighted by Crippen LogP contribution is 2.17. The molecule has 0 aromatic heterocycles. The number of hydrogen-bond donors (Lipinski definition) is 1. The van der Waals surface area contributed by atoms with Gasteiger partial charge in [-0.3, -0.25) is 4.90 Å². The molecule has 1 aromatic rings. The van der Waals surface area contributed by atoms with E-state index in [0.29, 0.717) is 18.7 Å². The van der Waals surface area contributed by atoms with Gasteiger partial charge in [0, 0.05) is 24.2 Å². The molecule has 0 aliphatic heterocycles. The molecule has 0 saturated heterocycles. The molecular weight excluding hydrogens is 210 g/mol. The van der Waals surface area contributed by atoms with E-state index in [9.17, 15) is 8.78 Å². The molecule has 0 atom stereocenters. The van der Waals surface area contributed by atoms with Crippen LogP contribution in [-0.2, 0) is 6.54 Å². The van der Waals surface area contributed by atoms with Crippen molar-refractivity contribution in [3.8, 4) is 0 Å². The lowest BCUT2D eigenvalue weighted by molar-refractivity contribution is 0.154. The Balaban J connectivity index is 2.84. The molecule has 0 spiro atoms. The zero-order chi connectivity index (χ0) is 12.3. The third kappa shape index (κ3) is 3.00. The second-order valence-corrected chi connectivity index (χ2v) is 4.61. The van der Waals surface area contributed by atoms with Gasteiger partial charge in [-0.2, -0.15) is 0 Å². The number of benzene rings is 1. The van der Waals surface area contributed by atoms with Crippen molar-refractivity contribution in [2.45, 2.75) is 25.9 Å². The summed E-state index contributed by atoms with van der Waals surface area (Å²) in [5.41, 5.74) is 5.73. The topological polar surface area (TPSA) is 29.3 Å². The van der Waals surface area contributed by atoms with E-state index in [4.69, 9.17) is 5.73 Å². The molecule has 0 radical (unpaired) electrons. The van der Waals surface area contributed by atoms with Gasteiger partial charge in [0.25, 0.3) is 0 Å². The summed E-state index contributed by atoms with van der Waals surface area (Å²) < 4.78 is 26.4. The van der Waals surface area contributed by atoms with Crippen molar-refractivity contribution in [1.29, 1.82) is 0 Å². The fourth-order valence-corrected chi connectivity index (χ4v) is 1.29. The third-order valence-corrected chi connectivity index (χ3v) is 2.95. The Labute approximate surface area is 95.1 Å².